The molecule has 1 unspecified atom stereocenters. The van der Waals surface area contributed by atoms with E-state index in [9.17, 15) is 4.79 Å². The predicted molar refractivity (Wildman–Crippen MR) is 79.1 cm³/mol. The molecule has 0 spiro atoms. The molecule has 104 valence electrons. The van der Waals surface area contributed by atoms with E-state index in [1.165, 1.54) is 42.4 Å². The quantitative estimate of drug-likeness (QED) is 0.863. The lowest BCUT2D eigenvalue weighted by molar-refractivity contribution is -0.118. The molecular formula is C17H25NO. The van der Waals surface area contributed by atoms with E-state index in [0.29, 0.717) is 12.3 Å². The van der Waals surface area contributed by atoms with Crippen molar-refractivity contribution in [2.24, 2.45) is 11.7 Å². The lowest BCUT2D eigenvalue weighted by Crippen LogP contribution is -2.17. The van der Waals surface area contributed by atoms with Gasteiger partial charge in [-0.25, -0.2) is 0 Å². The first-order valence-corrected chi connectivity index (χ1v) is 7.46. The largest absolute Gasteiger partial charge is 0.370 e. The molecule has 1 aromatic rings. The van der Waals surface area contributed by atoms with Crippen LogP contribution in [-0.4, -0.2) is 5.91 Å². The summed E-state index contributed by atoms with van der Waals surface area (Å²) in [5.41, 5.74) is 9.69. The van der Waals surface area contributed by atoms with Gasteiger partial charge in [0.2, 0.25) is 5.91 Å². The molecule has 2 N–H and O–H groups in total. The van der Waals surface area contributed by atoms with Gasteiger partial charge in [-0.2, -0.15) is 0 Å². The summed E-state index contributed by atoms with van der Waals surface area (Å²) in [6, 6.07) is 6.79. The third kappa shape index (κ3) is 3.82. The van der Waals surface area contributed by atoms with Crippen LogP contribution < -0.4 is 5.73 Å². The van der Waals surface area contributed by atoms with Gasteiger partial charge in [-0.05, 0) is 60.6 Å². The summed E-state index contributed by atoms with van der Waals surface area (Å²) in [4.78, 5) is 11.3. The highest BCUT2D eigenvalue weighted by atomic mass is 16.1. The van der Waals surface area contributed by atoms with Crippen molar-refractivity contribution in [2.45, 2.75) is 58.3 Å². The summed E-state index contributed by atoms with van der Waals surface area (Å²) in [5, 5.41) is 0. The summed E-state index contributed by atoms with van der Waals surface area (Å²) in [7, 11) is 0. The first kappa shape index (κ1) is 14.1. The topological polar surface area (TPSA) is 43.1 Å². The zero-order valence-corrected chi connectivity index (χ0v) is 12.1. The average molecular weight is 259 g/mol. The molecule has 0 saturated heterocycles. The van der Waals surface area contributed by atoms with Gasteiger partial charge in [-0.1, -0.05) is 32.0 Å². The van der Waals surface area contributed by atoms with Gasteiger partial charge in [-0.15, -0.1) is 0 Å². The molecule has 0 saturated carbocycles. The standard InChI is InChI=1S/C17H25NO/c1-12(2)9-16(11-17(18)19)15-8-7-13-5-3-4-6-14(13)10-15/h7-8,10,12,16H,3-6,9,11H2,1-2H3,(H2,18,19). The second-order valence-corrected chi connectivity index (χ2v) is 6.23. The Bertz CT molecular complexity index is 451. The van der Waals surface area contributed by atoms with E-state index in [0.717, 1.165) is 6.42 Å². The van der Waals surface area contributed by atoms with Crippen LogP contribution in [0.25, 0.3) is 0 Å². The summed E-state index contributed by atoms with van der Waals surface area (Å²) < 4.78 is 0. The van der Waals surface area contributed by atoms with Crippen molar-refractivity contribution in [3.63, 3.8) is 0 Å². The number of benzene rings is 1. The minimum absolute atomic E-state index is 0.191. The number of hydrogen-bond acceptors (Lipinski definition) is 1. The van der Waals surface area contributed by atoms with Crippen LogP contribution in [0.15, 0.2) is 18.2 Å². The van der Waals surface area contributed by atoms with Crippen molar-refractivity contribution in [3.05, 3.63) is 34.9 Å². The normalized spacial score (nSPS) is 16.2. The highest BCUT2D eigenvalue weighted by molar-refractivity contribution is 5.74. The third-order valence-electron chi connectivity index (χ3n) is 4.05. The molecule has 2 rings (SSSR count). The first-order chi connectivity index (χ1) is 9.06. The summed E-state index contributed by atoms with van der Waals surface area (Å²) in [5.74, 6) is 0.675. The fourth-order valence-corrected chi connectivity index (χ4v) is 3.16. The zero-order valence-electron chi connectivity index (χ0n) is 12.1. The molecule has 0 aliphatic heterocycles. The van der Waals surface area contributed by atoms with Crippen molar-refractivity contribution in [1.82, 2.24) is 0 Å². The Morgan fingerprint density at radius 3 is 2.53 bits per heavy atom. The minimum atomic E-state index is -0.191. The molecule has 1 aliphatic carbocycles. The van der Waals surface area contributed by atoms with Crippen molar-refractivity contribution >= 4 is 5.91 Å². The number of rotatable bonds is 5. The second kappa shape index (κ2) is 6.23. The van der Waals surface area contributed by atoms with Crippen LogP contribution in [-0.2, 0) is 17.6 Å². The lowest BCUT2D eigenvalue weighted by atomic mass is 9.83. The van der Waals surface area contributed by atoms with E-state index < -0.39 is 0 Å². The number of carbonyl (C=O) groups excluding carboxylic acids is 1. The Hall–Kier alpha value is -1.31. The number of carbonyl (C=O) groups is 1. The Morgan fingerprint density at radius 2 is 1.89 bits per heavy atom. The highest BCUT2D eigenvalue weighted by Gasteiger charge is 2.18. The van der Waals surface area contributed by atoms with Gasteiger partial charge in [0.1, 0.15) is 0 Å². The average Bonchev–Trinajstić information content (AvgIpc) is 2.36. The Balaban J connectivity index is 2.22. The fraction of sp³-hybridized carbons (Fsp3) is 0.588. The van der Waals surface area contributed by atoms with E-state index in [4.69, 9.17) is 5.73 Å². The number of aryl methyl sites for hydroxylation is 2. The van der Waals surface area contributed by atoms with Crippen LogP contribution in [0.4, 0.5) is 0 Å². The van der Waals surface area contributed by atoms with E-state index in [-0.39, 0.29) is 11.8 Å². The van der Waals surface area contributed by atoms with Crippen LogP contribution in [0.3, 0.4) is 0 Å². The number of primary amides is 1. The lowest BCUT2D eigenvalue weighted by Gasteiger charge is -2.22. The maximum absolute atomic E-state index is 11.3. The smallest absolute Gasteiger partial charge is 0.218 e. The minimum Gasteiger partial charge on any atom is -0.370 e. The summed E-state index contributed by atoms with van der Waals surface area (Å²) in [6.07, 6.45) is 6.50. The second-order valence-electron chi connectivity index (χ2n) is 6.23. The van der Waals surface area contributed by atoms with Gasteiger partial charge >= 0.3 is 0 Å². The van der Waals surface area contributed by atoms with Crippen molar-refractivity contribution < 1.29 is 4.79 Å². The Labute approximate surface area is 116 Å². The molecule has 1 aliphatic rings. The maximum atomic E-state index is 11.3. The maximum Gasteiger partial charge on any atom is 0.218 e. The van der Waals surface area contributed by atoms with Crippen LogP contribution >= 0.6 is 0 Å². The molecule has 1 atom stereocenters. The van der Waals surface area contributed by atoms with Gasteiger partial charge in [0, 0.05) is 6.42 Å². The van der Waals surface area contributed by atoms with E-state index in [1.54, 1.807) is 0 Å². The molecular weight excluding hydrogens is 234 g/mol. The SMILES string of the molecule is CC(C)CC(CC(N)=O)c1ccc2c(c1)CCCC2. The van der Waals surface area contributed by atoms with Crippen molar-refractivity contribution in [3.8, 4) is 0 Å². The van der Waals surface area contributed by atoms with Crippen LogP contribution in [0, 0.1) is 5.92 Å². The van der Waals surface area contributed by atoms with Crippen LogP contribution in [0.2, 0.25) is 0 Å². The highest BCUT2D eigenvalue weighted by Crippen LogP contribution is 2.30. The molecule has 2 heteroatoms. The Kier molecular flexibility index (Phi) is 4.62. The molecule has 0 bridgehead atoms. The summed E-state index contributed by atoms with van der Waals surface area (Å²) >= 11 is 0. The van der Waals surface area contributed by atoms with E-state index in [2.05, 4.69) is 32.0 Å². The molecule has 2 nitrogen and oxygen atoms in total. The number of fused-ring (bicyclic) bond motifs is 1. The van der Waals surface area contributed by atoms with Gasteiger partial charge in [-0.3, -0.25) is 4.79 Å². The fourth-order valence-electron chi connectivity index (χ4n) is 3.16. The zero-order chi connectivity index (χ0) is 13.8. The number of amides is 1. The molecule has 19 heavy (non-hydrogen) atoms. The summed E-state index contributed by atoms with van der Waals surface area (Å²) in [6.45, 7) is 4.40. The monoisotopic (exact) mass is 259 g/mol. The Morgan fingerprint density at radius 1 is 1.21 bits per heavy atom. The molecule has 0 radical (unpaired) electrons. The van der Waals surface area contributed by atoms with Crippen molar-refractivity contribution in [2.75, 3.05) is 0 Å². The third-order valence-corrected chi connectivity index (χ3v) is 4.05. The van der Waals surface area contributed by atoms with Crippen LogP contribution in [0.1, 0.15) is 62.1 Å². The van der Waals surface area contributed by atoms with Gasteiger partial charge in [0.25, 0.3) is 0 Å². The first-order valence-electron chi connectivity index (χ1n) is 7.46. The molecule has 0 fully saturated rings. The van der Waals surface area contributed by atoms with Gasteiger partial charge < -0.3 is 5.73 Å². The molecule has 0 aromatic heterocycles. The predicted octanol–water partition coefficient (Wildman–Crippen LogP) is 3.57. The molecule has 1 aromatic carbocycles. The molecule has 1 amide bonds. The number of nitrogens with two attached hydrogens (primary N) is 1. The van der Waals surface area contributed by atoms with E-state index >= 15 is 0 Å². The van der Waals surface area contributed by atoms with E-state index in [1.807, 2.05) is 0 Å². The molecule has 0 heterocycles. The number of hydrogen-bond donors (Lipinski definition) is 1. The van der Waals surface area contributed by atoms with Crippen molar-refractivity contribution in [1.29, 1.82) is 0 Å². The van der Waals surface area contributed by atoms with Gasteiger partial charge in [0.05, 0.1) is 0 Å². The van der Waals surface area contributed by atoms with Crippen LogP contribution in [0.5, 0.6) is 0 Å². The van der Waals surface area contributed by atoms with Gasteiger partial charge in [0.15, 0.2) is 0 Å².